The number of hydrogen-bond donors (Lipinski definition) is 1. The van der Waals surface area contributed by atoms with Crippen LogP contribution >= 0.6 is 0 Å². The van der Waals surface area contributed by atoms with Crippen LogP contribution in [0.25, 0.3) is 0 Å². The van der Waals surface area contributed by atoms with Crippen molar-refractivity contribution >= 4 is 6.16 Å². The molecular weight excluding hydrogens is 266 g/mol. The number of carbonyl (C=O) groups is 1. The number of nitrogens with zero attached hydrogens (tertiary/aromatic N) is 1. The highest BCUT2D eigenvalue weighted by atomic mass is 16.7. The van der Waals surface area contributed by atoms with E-state index in [1.807, 2.05) is 18.2 Å². The summed E-state index contributed by atoms with van der Waals surface area (Å²) in [4.78, 5) is 14.3. The van der Waals surface area contributed by atoms with E-state index in [9.17, 15) is 4.79 Å². The molecule has 1 aromatic heterocycles. The van der Waals surface area contributed by atoms with Gasteiger partial charge in [-0.2, -0.15) is 0 Å². The van der Waals surface area contributed by atoms with E-state index in [-0.39, 0.29) is 0 Å². The van der Waals surface area contributed by atoms with Gasteiger partial charge in [0.05, 0.1) is 6.61 Å². The van der Waals surface area contributed by atoms with Gasteiger partial charge >= 0.3 is 6.16 Å². The summed E-state index contributed by atoms with van der Waals surface area (Å²) in [6.07, 6.45) is 9.23. The van der Waals surface area contributed by atoms with E-state index in [4.69, 9.17) is 5.11 Å². The lowest BCUT2D eigenvalue weighted by Gasteiger charge is -2.01. The second kappa shape index (κ2) is 11.8. The van der Waals surface area contributed by atoms with Crippen LogP contribution < -0.4 is 0 Å². The van der Waals surface area contributed by atoms with E-state index in [2.05, 4.69) is 21.6 Å². The van der Waals surface area contributed by atoms with Gasteiger partial charge in [-0.15, -0.1) is 0 Å². The summed E-state index contributed by atoms with van der Waals surface area (Å²) in [5, 5.41) is 8.29. The van der Waals surface area contributed by atoms with Gasteiger partial charge in [0.1, 0.15) is 5.69 Å². The molecule has 0 saturated heterocycles. The average Bonchev–Trinajstić information content (AvgIpc) is 2.49. The summed E-state index contributed by atoms with van der Waals surface area (Å²) < 4.78 is 4.45. The molecule has 0 fully saturated rings. The number of aromatic nitrogens is 1. The Bertz CT molecular complexity index is 448. The summed E-state index contributed by atoms with van der Waals surface area (Å²) in [7, 11) is 0. The predicted molar refractivity (Wildman–Crippen MR) is 82.0 cm³/mol. The van der Waals surface area contributed by atoms with Gasteiger partial charge in [-0.3, -0.25) is 0 Å². The molecule has 1 heterocycles. The third-order valence-electron chi connectivity index (χ3n) is 3.05. The molecule has 21 heavy (non-hydrogen) atoms. The molecule has 0 unspecified atom stereocenters. The molecule has 4 heteroatoms. The summed E-state index contributed by atoms with van der Waals surface area (Å²) in [6.45, 7) is 0.318. The molecule has 0 bridgehead atoms. The van der Waals surface area contributed by atoms with Gasteiger partial charge in [-0.25, -0.2) is 9.78 Å². The number of ether oxygens (including phenoxy) is 1. The normalized spacial score (nSPS) is 9.71. The smallest absolute Gasteiger partial charge is 0.450 e. The first-order valence-electron chi connectivity index (χ1n) is 7.54. The van der Waals surface area contributed by atoms with Gasteiger partial charge in [0, 0.05) is 12.6 Å². The van der Waals surface area contributed by atoms with Gasteiger partial charge in [0.2, 0.25) is 0 Å². The molecule has 0 amide bonds. The molecule has 0 aromatic carbocycles. The quantitative estimate of drug-likeness (QED) is 0.419. The Balaban J connectivity index is 1.87. The van der Waals surface area contributed by atoms with E-state index in [0.29, 0.717) is 6.61 Å². The minimum absolute atomic E-state index is 0.318. The SMILES string of the molecule is O=C(O)OCCCCCCCCCC#Cc1ccccn1. The number of hydrogen-bond acceptors (Lipinski definition) is 3. The van der Waals surface area contributed by atoms with E-state index in [0.717, 1.165) is 37.8 Å². The van der Waals surface area contributed by atoms with Crippen LogP contribution in [0.5, 0.6) is 0 Å². The number of unbranched alkanes of at least 4 members (excludes halogenated alkanes) is 7. The van der Waals surface area contributed by atoms with Crippen LogP contribution in [0.15, 0.2) is 24.4 Å². The molecule has 4 nitrogen and oxygen atoms in total. The summed E-state index contributed by atoms with van der Waals surface area (Å²) in [6, 6.07) is 5.75. The molecule has 114 valence electrons. The van der Waals surface area contributed by atoms with Gasteiger partial charge in [0.25, 0.3) is 0 Å². The lowest BCUT2D eigenvalue weighted by molar-refractivity contribution is 0.0899. The molecule has 0 aliphatic carbocycles. The Labute approximate surface area is 126 Å². The minimum atomic E-state index is -1.18. The fourth-order valence-electron chi connectivity index (χ4n) is 1.95. The molecule has 0 spiro atoms. The number of rotatable bonds is 9. The highest BCUT2D eigenvalue weighted by molar-refractivity contribution is 5.56. The van der Waals surface area contributed by atoms with Crippen molar-refractivity contribution in [2.24, 2.45) is 0 Å². The summed E-state index contributed by atoms with van der Waals surface area (Å²) >= 11 is 0. The molecule has 1 rings (SSSR count). The molecule has 0 aliphatic heterocycles. The largest absolute Gasteiger partial charge is 0.505 e. The van der Waals surface area contributed by atoms with E-state index in [1.165, 1.54) is 19.3 Å². The molecule has 0 saturated carbocycles. The zero-order valence-electron chi connectivity index (χ0n) is 12.4. The van der Waals surface area contributed by atoms with E-state index >= 15 is 0 Å². The molecule has 1 N–H and O–H groups in total. The van der Waals surface area contributed by atoms with Crippen LogP contribution in [0.4, 0.5) is 4.79 Å². The van der Waals surface area contributed by atoms with E-state index in [1.54, 1.807) is 6.20 Å². The van der Waals surface area contributed by atoms with Crippen molar-refractivity contribution in [3.8, 4) is 11.8 Å². The predicted octanol–water partition coefficient (Wildman–Crippen LogP) is 4.25. The molecule has 1 aromatic rings. The van der Waals surface area contributed by atoms with Gasteiger partial charge in [0.15, 0.2) is 0 Å². The van der Waals surface area contributed by atoms with Crippen molar-refractivity contribution in [1.29, 1.82) is 0 Å². The maximum Gasteiger partial charge on any atom is 0.505 e. The van der Waals surface area contributed by atoms with Crippen molar-refractivity contribution in [3.63, 3.8) is 0 Å². The first-order chi connectivity index (χ1) is 10.3. The van der Waals surface area contributed by atoms with Gasteiger partial charge in [-0.05, 0) is 30.9 Å². The number of pyridine rings is 1. The van der Waals surface area contributed by atoms with Crippen LogP contribution in [0.3, 0.4) is 0 Å². The van der Waals surface area contributed by atoms with E-state index < -0.39 is 6.16 Å². The zero-order chi connectivity index (χ0) is 15.2. The average molecular weight is 289 g/mol. The summed E-state index contributed by atoms with van der Waals surface area (Å²) in [5.74, 6) is 6.20. The van der Waals surface area contributed by atoms with Crippen molar-refractivity contribution in [1.82, 2.24) is 4.98 Å². The van der Waals surface area contributed by atoms with Crippen LogP contribution in [0.2, 0.25) is 0 Å². The Morgan fingerprint density at radius 1 is 1.10 bits per heavy atom. The first kappa shape index (κ1) is 17.0. The van der Waals surface area contributed by atoms with Gasteiger partial charge in [-0.1, -0.05) is 44.1 Å². The van der Waals surface area contributed by atoms with Crippen molar-refractivity contribution < 1.29 is 14.6 Å². The Morgan fingerprint density at radius 2 is 1.81 bits per heavy atom. The molecule has 0 aliphatic rings. The molecular formula is C17H23NO3. The highest BCUT2D eigenvalue weighted by Gasteiger charge is 1.96. The third kappa shape index (κ3) is 10.4. The summed E-state index contributed by atoms with van der Waals surface area (Å²) in [5.41, 5.74) is 0.834. The maximum atomic E-state index is 10.1. The Kier molecular flexibility index (Phi) is 9.55. The first-order valence-corrected chi connectivity index (χ1v) is 7.54. The van der Waals surface area contributed by atoms with Crippen LogP contribution in [-0.2, 0) is 4.74 Å². The molecule has 0 atom stereocenters. The zero-order valence-corrected chi connectivity index (χ0v) is 12.4. The maximum absolute atomic E-state index is 10.1. The van der Waals surface area contributed by atoms with Crippen LogP contribution in [-0.4, -0.2) is 22.9 Å². The standard InChI is InChI=1S/C17H23NO3/c19-17(20)21-15-11-7-5-3-1-2-4-6-8-12-16-13-9-10-14-18-16/h9-10,13-14H,1-7,11,15H2,(H,19,20). The fourth-order valence-corrected chi connectivity index (χ4v) is 1.95. The lowest BCUT2D eigenvalue weighted by Crippen LogP contribution is -2.01. The minimum Gasteiger partial charge on any atom is -0.450 e. The van der Waals surface area contributed by atoms with Gasteiger partial charge < -0.3 is 9.84 Å². The fraction of sp³-hybridized carbons (Fsp3) is 0.529. The highest BCUT2D eigenvalue weighted by Crippen LogP contribution is 2.08. The monoisotopic (exact) mass is 289 g/mol. The third-order valence-corrected chi connectivity index (χ3v) is 3.05. The lowest BCUT2D eigenvalue weighted by atomic mass is 10.1. The Hall–Kier alpha value is -2.02. The Morgan fingerprint density at radius 3 is 2.48 bits per heavy atom. The second-order valence-electron chi connectivity index (χ2n) is 4.86. The second-order valence-corrected chi connectivity index (χ2v) is 4.86. The topological polar surface area (TPSA) is 59.4 Å². The van der Waals surface area contributed by atoms with Crippen molar-refractivity contribution in [2.45, 2.75) is 51.4 Å². The number of carboxylic acid groups (broad SMARTS) is 1. The van der Waals surface area contributed by atoms with Crippen LogP contribution in [0.1, 0.15) is 57.1 Å². The van der Waals surface area contributed by atoms with Crippen molar-refractivity contribution in [2.75, 3.05) is 6.61 Å². The van der Waals surface area contributed by atoms with Crippen LogP contribution in [0, 0.1) is 11.8 Å². The molecule has 0 radical (unpaired) electrons. The van der Waals surface area contributed by atoms with Crippen molar-refractivity contribution in [3.05, 3.63) is 30.1 Å².